The molecule has 0 spiro atoms. The van der Waals surface area contributed by atoms with E-state index < -0.39 is 6.10 Å². The summed E-state index contributed by atoms with van der Waals surface area (Å²) in [4.78, 5) is 10.7. The minimum Gasteiger partial charge on any atom is -0.385 e. The second-order valence-corrected chi connectivity index (χ2v) is 5.65. The molecule has 0 aromatic carbocycles. The number of hydrogen-bond acceptors (Lipinski definition) is 5. The van der Waals surface area contributed by atoms with Crippen LogP contribution in [-0.2, 0) is 7.05 Å². The molecule has 114 valence electrons. The molecule has 2 aromatic rings. The Labute approximate surface area is 129 Å². The maximum absolute atomic E-state index is 10.5. The maximum atomic E-state index is 10.5. The highest BCUT2D eigenvalue weighted by molar-refractivity contribution is 5.53. The zero-order chi connectivity index (χ0) is 15.5. The third-order valence-corrected chi connectivity index (χ3v) is 4.32. The number of anilines is 1. The molecule has 22 heavy (non-hydrogen) atoms. The van der Waals surface area contributed by atoms with Crippen molar-refractivity contribution in [3.63, 3.8) is 0 Å². The molecule has 1 aliphatic rings. The van der Waals surface area contributed by atoms with Gasteiger partial charge in [0.15, 0.2) is 0 Å². The minimum absolute atomic E-state index is 0.187. The molecule has 6 nitrogen and oxygen atoms in total. The molecule has 0 bridgehead atoms. The average Bonchev–Trinajstić information content (AvgIpc) is 3.00. The van der Waals surface area contributed by atoms with Gasteiger partial charge in [-0.3, -0.25) is 0 Å². The van der Waals surface area contributed by atoms with Crippen molar-refractivity contribution in [2.45, 2.75) is 18.9 Å². The first kappa shape index (κ1) is 14.5. The summed E-state index contributed by atoms with van der Waals surface area (Å²) in [5.41, 5.74) is 0.602. The van der Waals surface area contributed by atoms with E-state index in [1.165, 1.54) is 0 Å². The van der Waals surface area contributed by atoms with Crippen LogP contribution < -0.4 is 4.90 Å². The first-order valence-corrected chi connectivity index (χ1v) is 7.46. The first-order chi connectivity index (χ1) is 10.7. The van der Waals surface area contributed by atoms with E-state index in [4.69, 9.17) is 0 Å². The third-order valence-electron chi connectivity index (χ3n) is 4.32. The molecule has 3 heterocycles. The number of aliphatic hydroxyl groups is 1. The Bertz CT molecular complexity index is 682. The van der Waals surface area contributed by atoms with Crippen LogP contribution >= 0.6 is 0 Å². The van der Waals surface area contributed by atoms with Crippen molar-refractivity contribution in [2.75, 3.05) is 18.0 Å². The minimum atomic E-state index is -0.540. The summed E-state index contributed by atoms with van der Waals surface area (Å²) in [6.45, 7) is 1.58. The normalized spacial score (nSPS) is 17.2. The van der Waals surface area contributed by atoms with Crippen molar-refractivity contribution in [3.05, 3.63) is 42.1 Å². The van der Waals surface area contributed by atoms with E-state index in [9.17, 15) is 10.4 Å². The van der Waals surface area contributed by atoms with Gasteiger partial charge in [-0.25, -0.2) is 9.97 Å². The smallest absolute Gasteiger partial charge is 0.146 e. The van der Waals surface area contributed by atoms with Gasteiger partial charge in [0.25, 0.3) is 0 Å². The Morgan fingerprint density at radius 3 is 2.73 bits per heavy atom. The number of aryl methyl sites for hydroxylation is 1. The Balaban J connectivity index is 1.68. The summed E-state index contributed by atoms with van der Waals surface area (Å²) >= 11 is 0. The monoisotopic (exact) mass is 297 g/mol. The second-order valence-electron chi connectivity index (χ2n) is 5.65. The molecule has 1 fully saturated rings. The molecule has 0 amide bonds. The van der Waals surface area contributed by atoms with Crippen LogP contribution in [0.25, 0.3) is 0 Å². The molecule has 0 radical (unpaired) electrons. The van der Waals surface area contributed by atoms with Gasteiger partial charge in [0, 0.05) is 38.7 Å². The molecule has 1 aliphatic heterocycles. The number of imidazole rings is 1. The number of aromatic nitrogens is 3. The molecule has 1 saturated heterocycles. The van der Waals surface area contributed by atoms with Gasteiger partial charge in [-0.1, -0.05) is 0 Å². The van der Waals surface area contributed by atoms with Gasteiger partial charge in [0.1, 0.15) is 23.8 Å². The molecular formula is C16H19N5O. The quantitative estimate of drug-likeness (QED) is 0.931. The van der Waals surface area contributed by atoms with E-state index >= 15 is 0 Å². The number of piperidine rings is 1. The van der Waals surface area contributed by atoms with Crippen molar-refractivity contribution in [3.8, 4) is 6.07 Å². The second kappa shape index (κ2) is 6.16. The molecule has 3 rings (SSSR count). The molecule has 0 saturated carbocycles. The Hall–Kier alpha value is -2.39. The fourth-order valence-corrected chi connectivity index (χ4v) is 3.04. The summed E-state index contributed by atoms with van der Waals surface area (Å²) in [7, 11) is 1.90. The maximum Gasteiger partial charge on any atom is 0.146 e. The van der Waals surface area contributed by atoms with E-state index in [0.717, 1.165) is 31.7 Å². The molecule has 2 aromatic heterocycles. The predicted molar refractivity (Wildman–Crippen MR) is 82.1 cm³/mol. The van der Waals surface area contributed by atoms with Crippen LogP contribution in [0.5, 0.6) is 0 Å². The van der Waals surface area contributed by atoms with Crippen molar-refractivity contribution < 1.29 is 5.11 Å². The summed E-state index contributed by atoms with van der Waals surface area (Å²) in [6.07, 6.45) is 6.44. The number of nitrogens with zero attached hydrogens (tertiary/aromatic N) is 5. The lowest BCUT2D eigenvalue weighted by Crippen LogP contribution is -2.37. The summed E-state index contributed by atoms with van der Waals surface area (Å²) in [6, 6.07) is 5.76. The van der Waals surface area contributed by atoms with Crippen molar-refractivity contribution in [1.82, 2.24) is 14.5 Å². The van der Waals surface area contributed by atoms with Crippen LogP contribution in [0.1, 0.15) is 30.3 Å². The fraction of sp³-hybridized carbons (Fsp3) is 0.438. The molecular weight excluding hydrogens is 278 g/mol. The zero-order valence-electron chi connectivity index (χ0n) is 12.6. The first-order valence-electron chi connectivity index (χ1n) is 7.46. The molecule has 1 atom stereocenters. The van der Waals surface area contributed by atoms with E-state index in [2.05, 4.69) is 20.9 Å². The lowest BCUT2D eigenvalue weighted by molar-refractivity contribution is 0.0824. The predicted octanol–water partition coefficient (Wildman–Crippen LogP) is 1.64. The van der Waals surface area contributed by atoms with Gasteiger partial charge in [0.05, 0.1) is 5.56 Å². The van der Waals surface area contributed by atoms with E-state index in [1.54, 1.807) is 24.5 Å². The largest absolute Gasteiger partial charge is 0.385 e. The van der Waals surface area contributed by atoms with E-state index in [1.807, 2.05) is 17.8 Å². The number of hydrogen-bond donors (Lipinski definition) is 1. The van der Waals surface area contributed by atoms with Crippen LogP contribution in [0.15, 0.2) is 30.7 Å². The Morgan fingerprint density at radius 1 is 1.32 bits per heavy atom. The van der Waals surface area contributed by atoms with Gasteiger partial charge in [0.2, 0.25) is 0 Å². The van der Waals surface area contributed by atoms with Crippen LogP contribution in [0, 0.1) is 17.2 Å². The van der Waals surface area contributed by atoms with Crippen molar-refractivity contribution in [2.24, 2.45) is 13.0 Å². The van der Waals surface area contributed by atoms with E-state index in [-0.39, 0.29) is 5.92 Å². The van der Waals surface area contributed by atoms with Crippen LogP contribution in [0.2, 0.25) is 0 Å². The summed E-state index contributed by atoms with van der Waals surface area (Å²) < 4.78 is 1.86. The number of rotatable bonds is 3. The summed E-state index contributed by atoms with van der Waals surface area (Å²) in [5, 5.41) is 19.7. The average molecular weight is 297 g/mol. The van der Waals surface area contributed by atoms with E-state index in [0.29, 0.717) is 11.4 Å². The van der Waals surface area contributed by atoms with Gasteiger partial charge in [-0.2, -0.15) is 5.26 Å². The molecule has 0 aliphatic carbocycles. The highest BCUT2D eigenvalue weighted by Gasteiger charge is 2.29. The van der Waals surface area contributed by atoms with Crippen molar-refractivity contribution in [1.29, 1.82) is 5.26 Å². The highest BCUT2D eigenvalue weighted by atomic mass is 16.3. The van der Waals surface area contributed by atoms with Crippen molar-refractivity contribution >= 4 is 5.82 Å². The summed E-state index contributed by atoms with van der Waals surface area (Å²) in [5.74, 6) is 1.65. The zero-order valence-corrected chi connectivity index (χ0v) is 12.6. The SMILES string of the molecule is Cn1ccnc1C(O)C1CCN(c2ncccc2C#N)CC1. The van der Waals surface area contributed by atoms with Crippen LogP contribution in [-0.4, -0.2) is 32.7 Å². The van der Waals surface area contributed by atoms with Gasteiger partial charge >= 0.3 is 0 Å². The van der Waals surface area contributed by atoms with Gasteiger partial charge < -0.3 is 14.6 Å². The van der Waals surface area contributed by atoms with Gasteiger partial charge in [-0.05, 0) is 30.9 Å². The van der Waals surface area contributed by atoms with Crippen LogP contribution in [0.3, 0.4) is 0 Å². The standard InChI is InChI=1S/C16H19N5O/c1-20-10-7-19-16(20)14(22)12-4-8-21(9-5-12)15-13(11-17)3-2-6-18-15/h2-3,6-7,10,12,14,22H,4-5,8-9H2,1H3. The molecule has 1 N–H and O–H groups in total. The lowest BCUT2D eigenvalue weighted by atomic mass is 9.90. The van der Waals surface area contributed by atoms with Crippen LogP contribution in [0.4, 0.5) is 5.82 Å². The molecule has 1 unspecified atom stereocenters. The third kappa shape index (κ3) is 2.68. The lowest BCUT2D eigenvalue weighted by Gasteiger charge is -2.35. The fourth-order valence-electron chi connectivity index (χ4n) is 3.04. The number of nitriles is 1. The highest BCUT2D eigenvalue weighted by Crippen LogP contribution is 2.31. The molecule has 6 heteroatoms. The topological polar surface area (TPSA) is 78.0 Å². The van der Waals surface area contributed by atoms with Gasteiger partial charge in [-0.15, -0.1) is 0 Å². The number of aliphatic hydroxyl groups excluding tert-OH is 1. The number of pyridine rings is 1. The Kier molecular flexibility index (Phi) is 4.07. The Morgan fingerprint density at radius 2 is 2.09 bits per heavy atom.